The molecular formula is C13H16ClN5O2S. The van der Waals surface area contributed by atoms with Gasteiger partial charge in [-0.15, -0.1) is 0 Å². The van der Waals surface area contributed by atoms with Gasteiger partial charge in [-0.25, -0.2) is 14.8 Å². The third kappa shape index (κ3) is 4.35. The number of carbonyl (C=O) groups is 2. The second kappa shape index (κ2) is 6.97. The van der Waals surface area contributed by atoms with Crippen LogP contribution in [0.2, 0.25) is 5.02 Å². The first-order chi connectivity index (χ1) is 10.3. The van der Waals surface area contributed by atoms with Crippen LogP contribution in [0.1, 0.15) is 20.8 Å². The number of nitrogens with one attached hydrogen (secondary N) is 3. The number of nitrogens with zero attached hydrogens (tertiary/aromatic N) is 2. The normalized spacial score (nSPS) is 12.4. The van der Waals surface area contributed by atoms with Gasteiger partial charge in [0.05, 0.1) is 15.8 Å². The van der Waals surface area contributed by atoms with Crippen LogP contribution >= 0.6 is 23.4 Å². The molecule has 0 aromatic carbocycles. The minimum absolute atomic E-state index is 0.0399. The van der Waals surface area contributed by atoms with Gasteiger partial charge in [-0.1, -0.05) is 23.4 Å². The summed E-state index contributed by atoms with van der Waals surface area (Å²) in [5.41, 5.74) is 1.22. The fraction of sp³-hybridized carbons (Fsp3) is 0.385. The Morgan fingerprint density at radius 2 is 2.09 bits per heavy atom. The van der Waals surface area contributed by atoms with Crippen molar-refractivity contribution < 1.29 is 9.59 Å². The highest BCUT2D eigenvalue weighted by molar-refractivity contribution is 8.00. The number of hydrogen-bond donors (Lipinski definition) is 3. The molecule has 2 heterocycles. The van der Waals surface area contributed by atoms with Crippen LogP contribution in [-0.2, 0) is 4.79 Å². The molecule has 0 unspecified atom stereocenters. The van der Waals surface area contributed by atoms with Gasteiger partial charge in [0.1, 0.15) is 0 Å². The first-order valence-corrected chi connectivity index (χ1v) is 7.90. The SMILES string of the molecule is CC(C)NC(=O)NC(=O)[C@@H](C)Sc1nc2ncc(Cl)cc2[nH]1. The minimum atomic E-state index is -0.509. The number of imidazole rings is 1. The quantitative estimate of drug-likeness (QED) is 0.741. The standard InChI is InChI=1S/C13H16ClN5O2S/c1-6(2)16-12(21)19-11(20)7(3)22-13-17-9-4-8(14)5-15-10(9)18-13/h4-7H,1-3H3,(H,15,17,18)(H2,16,19,20,21)/t7-/m1/s1. The Bertz CT molecular complexity index is 703. The Kier molecular flexibility index (Phi) is 5.25. The van der Waals surface area contributed by atoms with Gasteiger partial charge in [-0.2, -0.15) is 0 Å². The fourth-order valence-corrected chi connectivity index (χ4v) is 2.61. The predicted molar refractivity (Wildman–Crippen MR) is 86.0 cm³/mol. The lowest BCUT2D eigenvalue weighted by atomic mass is 10.4. The Balaban J connectivity index is 1.99. The highest BCUT2D eigenvalue weighted by Gasteiger charge is 2.19. The van der Waals surface area contributed by atoms with E-state index in [0.717, 1.165) is 0 Å². The minimum Gasteiger partial charge on any atom is -0.336 e. The van der Waals surface area contributed by atoms with E-state index in [0.29, 0.717) is 21.3 Å². The molecule has 2 rings (SSSR count). The summed E-state index contributed by atoms with van der Waals surface area (Å²) in [6.45, 7) is 5.32. The maximum atomic E-state index is 11.9. The van der Waals surface area contributed by atoms with Gasteiger partial charge in [-0.05, 0) is 26.8 Å². The molecule has 9 heteroatoms. The monoisotopic (exact) mass is 341 g/mol. The Morgan fingerprint density at radius 3 is 2.77 bits per heavy atom. The molecule has 0 aliphatic rings. The number of rotatable bonds is 4. The van der Waals surface area contributed by atoms with E-state index in [2.05, 4.69) is 25.6 Å². The summed E-state index contributed by atoms with van der Waals surface area (Å²) in [6, 6.07) is 1.16. The van der Waals surface area contributed by atoms with Crippen molar-refractivity contribution in [3.63, 3.8) is 0 Å². The van der Waals surface area contributed by atoms with Gasteiger partial charge in [0, 0.05) is 12.2 Å². The van der Waals surface area contributed by atoms with Crippen LogP contribution in [0.25, 0.3) is 11.2 Å². The van der Waals surface area contributed by atoms with Crippen LogP contribution in [0.5, 0.6) is 0 Å². The number of hydrogen-bond acceptors (Lipinski definition) is 5. The van der Waals surface area contributed by atoms with Crippen LogP contribution in [0.4, 0.5) is 4.79 Å². The van der Waals surface area contributed by atoms with Gasteiger partial charge >= 0.3 is 6.03 Å². The fourth-order valence-electron chi connectivity index (χ4n) is 1.64. The molecule has 0 fully saturated rings. The zero-order chi connectivity index (χ0) is 16.3. The van der Waals surface area contributed by atoms with Crippen LogP contribution in [-0.4, -0.2) is 38.2 Å². The zero-order valence-electron chi connectivity index (χ0n) is 12.3. The van der Waals surface area contributed by atoms with Crippen molar-refractivity contribution in [2.75, 3.05) is 0 Å². The van der Waals surface area contributed by atoms with E-state index in [4.69, 9.17) is 11.6 Å². The van der Waals surface area contributed by atoms with Crippen molar-refractivity contribution in [3.8, 4) is 0 Å². The number of amides is 3. The van der Waals surface area contributed by atoms with E-state index in [1.54, 1.807) is 13.0 Å². The van der Waals surface area contributed by atoms with E-state index >= 15 is 0 Å². The molecule has 3 amide bonds. The molecule has 22 heavy (non-hydrogen) atoms. The molecule has 0 radical (unpaired) electrons. The van der Waals surface area contributed by atoms with Crippen LogP contribution in [0, 0.1) is 0 Å². The summed E-state index contributed by atoms with van der Waals surface area (Å²) in [4.78, 5) is 34.8. The van der Waals surface area contributed by atoms with Crippen LogP contribution in [0.3, 0.4) is 0 Å². The van der Waals surface area contributed by atoms with Gasteiger partial charge < -0.3 is 10.3 Å². The second-order valence-corrected chi connectivity index (χ2v) is 6.71. The van der Waals surface area contributed by atoms with Crippen molar-refractivity contribution >= 4 is 46.5 Å². The number of thioether (sulfide) groups is 1. The average Bonchev–Trinajstić information content (AvgIpc) is 2.78. The number of urea groups is 1. The van der Waals surface area contributed by atoms with Crippen molar-refractivity contribution in [1.29, 1.82) is 0 Å². The third-order valence-corrected chi connectivity index (χ3v) is 3.79. The van der Waals surface area contributed by atoms with Gasteiger partial charge in [-0.3, -0.25) is 10.1 Å². The van der Waals surface area contributed by atoms with Crippen molar-refractivity contribution in [2.24, 2.45) is 0 Å². The third-order valence-electron chi connectivity index (χ3n) is 2.60. The van der Waals surface area contributed by atoms with E-state index in [9.17, 15) is 9.59 Å². The highest BCUT2D eigenvalue weighted by Crippen LogP contribution is 2.23. The summed E-state index contributed by atoms with van der Waals surface area (Å²) in [5, 5.41) is 5.43. The molecule has 118 valence electrons. The van der Waals surface area contributed by atoms with Crippen LogP contribution in [0.15, 0.2) is 17.4 Å². The first-order valence-electron chi connectivity index (χ1n) is 6.64. The molecule has 0 aliphatic heterocycles. The number of aromatic nitrogens is 3. The summed E-state index contributed by atoms with van der Waals surface area (Å²) in [7, 11) is 0. The molecule has 3 N–H and O–H groups in total. The van der Waals surface area contributed by atoms with Crippen molar-refractivity contribution in [2.45, 2.75) is 37.2 Å². The second-order valence-electron chi connectivity index (χ2n) is 4.94. The average molecular weight is 342 g/mol. The Hall–Kier alpha value is -1.80. The van der Waals surface area contributed by atoms with Gasteiger partial charge in [0.2, 0.25) is 5.91 Å². The van der Waals surface area contributed by atoms with E-state index in [-0.39, 0.29) is 6.04 Å². The molecule has 2 aromatic heterocycles. The molecular weight excluding hydrogens is 326 g/mol. The Morgan fingerprint density at radius 1 is 1.36 bits per heavy atom. The van der Waals surface area contributed by atoms with E-state index < -0.39 is 17.2 Å². The number of pyridine rings is 1. The summed E-state index contributed by atoms with van der Waals surface area (Å²) in [6.07, 6.45) is 1.51. The summed E-state index contributed by atoms with van der Waals surface area (Å²) >= 11 is 7.06. The topological polar surface area (TPSA) is 99.8 Å². The smallest absolute Gasteiger partial charge is 0.321 e. The largest absolute Gasteiger partial charge is 0.336 e. The molecule has 0 bridgehead atoms. The predicted octanol–water partition coefficient (Wildman–Crippen LogP) is 2.33. The molecule has 7 nitrogen and oxygen atoms in total. The lowest BCUT2D eigenvalue weighted by Gasteiger charge is -2.12. The number of halogens is 1. The molecule has 0 saturated carbocycles. The number of H-pyrrole nitrogens is 1. The maximum Gasteiger partial charge on any atom is 0.321 e. The zero-order valence-corrected chi connectivity index (χ0v) is 13.9. The van der Waals surface area contributed by atoms with E-state index in [1.165, 1.54) is 18.0 Å². The van der Waals surface area contributed by atoms with E-state index in [1.807, 2.05) is 13.8 Å². The molecule has 0 spiro atoms. The van der Waals surface area contributed by atoms with Crippen molar-refractivity contribution in [3.05, 3.63) is 17.3 Å². The molecule has 0 saturated heterocycles. The lowest BCUT2D eigenvalue weighted by molar-refractivity contribution is -0.119. The van der Waals surface area contributed by atoms with Gasteiger partial charge in [0.15, 0.2) is 10.8 Å². The number of aromatic amines is 1. The highest BCUT2D eigenvalue weighted by atomic mass is 35.5. The van der Waals surface area contributed by atoms with Crippen molar-refractivity contribution in [1.82, 2.24) is 25.6 Å². The maximum absolute atomic E-state index is 11.9. The number of carbonyl (C=O) groups excluding carboxylic acids is 2. The summed E-state index contributed by atoms with van der Waals surface area (Å²) < 4.78 is 0. The number of fused-ring (bicyclic) bond motifs is 1. The number of imide groups is 1. The Labute approximate surface area is 136 Å². The van der Waals surface area contributed by atoms with Crippen LogP contribution < -0.4 is 10.6 Å². The summed E-state index contributed by atoms with van der Waals surface area (Å²) in [5.74, 6) is -0.394. The van der Waals surface area contributed by atoms with Gasteiger partial charge in [0.25, 0.3) is 0 Å². The lowest BCUT2D eigenvalue weighted by Crippen LogP contribution is -2.45. The first kappa shape index (κ1) is 16.6. The molecule has 1 atom stereocenters. The molecule has 0 aliphatic carbocycles. The molecule has 2 aromatic rings.